The van der Waals surface area contributed by atoms with Crippen LogP contribution in [0.15, 0.2) is 17.5 Å². The van der Waals surface area contributed by atoms with Crippen molar-refractivity contribution in [2.45, 2.75) is 6.42 Å². The van der Waals surface area contributed by atoms with Gasteiger partial charge in [-0.1, -0.05) is 6.07 Å². The molecule has 2 N–H and O–H groups in total. The van der Waals surface area contributed by atoms with Crippen molar-refractivity contribution < 1.29 is 9.59 Å². The smallest absolute Gasteiger partial charge is 0.261 e. The van der Waals surface area contributed by atoms with Gasteiger partial charge in [-0.25, -0.2) is 0 Å². The molecule has 0 aliphatic carbocycles. The van der Waals surface area contributed by atoms with Gasteiger partial charge in [0, 0.05) is 39.1 Å². The van der Waals surface area contributed by atoms with Crippen molar-refractivity contribution in [1.82, 2.24) is 15.5 Å². The van der Waals surface area contributed by atoms with Gasteiger partial charge in [0.15, 0.2) is 0 Å². The zero-order chi connectivity index (χ0) is 12.8. The molecule has 1 fully saturated rings. The third-order valence-electron chi connectivity index (χ3n) is 2.84. The summed E-state index contributed by atoms with van der Waals surface area (Å²) in [6, 6.07) is 3.61. The van der Waals surface area contributed by atoms with Crippen LogP contribution >= 0.6 is 11.3 Å². The van der Waals surface area contributed by atoms with Crippen molar-refractivity contribution in [3.63, 3.8) is 0 Å². The molecule has 98 valence electrons. The molecule has 0 atom stereocenters. The fraction of sp³-hybridized carbons (Fsp3) is 0.500. The first kappa shape index (κ1) is 13.0. The Morgan fingerprint density at radius 3 is 2.83 bits per heavy atom. The summed E-state index contributed by atoms with van der Waals surface area (Å²) >= 11 is 1.40. The molecule has 18 heavy (non-hydrogen) atoms. The molecule has 2 amide bonds. The van der Waals surface area contributed by atoms with E-state index in [0.29, 0.717) is 17.8 Å². The Hall–Kier alpha value is -1.40. The fourth-order valence-electron chi connectivity index (χ4n) is 1.85. The number of nitrogens with zero attached hydrogens (tertiary/aromatic N) is 1. The third-order valence-corrected chi connectivity index (χ3v) is 3.71. The maximum absolute atomic E-state index is 11.8. The van der Waals surface area contributed by atoms with Crippen LogP contribution in [0, 0.1) is 0 Å². The van der Waals surface area contributed by atoms with Crippen molar-refractivity contribution in [2.24, 2.45) is 0 Å². The van der Waals surface area contributed by atoms with Crippen LogP contribution in [-0.4, -0.2) is 49.4 Å². The molecule has 0 spiro atoms. The van der Waals surface area contributed by atoms with E-state index in [0.717, 1.165) is 26.2 Å². The van der Waals surface area contributed by atoms with Crippen LogP contribution in [0.1, 0.15) is 16.1 Å². The lowest BCUT2D eigenvalue weighted by molar-refractivity contribution is -0.131. The van der Waals surface area contributed by atoms with Crippen LogP contribution in [0.5, 0.6) is 0 Å². The maximum atomic E-state index is 11.8. The van der Waals surface area contributed by atoms with Crippen molar-refractivity contribution in [1.29, 1.82) is 0 Å². The van der Waals surface area contributed by atoms with E-state index in [1.54, 1.807) is 6.07 Å². The lowest BCUT2D eigenvalue weighted by Gasteiger charge is -2.27. The number of piperazine rings is 1. The average molecular weight is 267 g/mol. The second kappa shape index (κ2) is 6.51. The van der Waals surface area contributed by atoms with E-state index in [-0.39, 0.29) is 11.8 Å². The fourth-order valence-corrected chi connectivity index (χ4v) is 2.49. The summed E-state index contributed by atoms with van der Waals surface area (Å²) in [5.41, 5.74) is 0. The summed E-state index contributed by atoms with van der Waals surface area (Å²) in [5, 5.41) is 7.83. The summed E-state index contributed by atoms with van der Waals surface area (Å²) in [6.07, 6.45) is 0.372. The van der Waals surface area contributed by atoms with Gasteiger partial charge in [0.25, 0.3) is 5.91 Å². The van der Waals surface area contributed by atoms with Crippen molar-refractivity contribution in [3.8, 4) is 0 Å². The molecule has 1 aromatic heterocycles. The normalized spacial score (nSPS) is 15.4. The molecule has 1 aromatic rings. The van der Waals surface area contributed by atoms with Crippen LogP contribution in [0.3, 0.4) is 0 Å². The molecule has 2 heterocycles. The second-order valence-electron chi connectivity index (χ2n) is 4.11. The van der Waals surface area contributed by atoms with Crippen LogP contribution in [0.4, 0.5) is 0 Å². The minimum Gasteiger partial charge on any atom is -0.351 e. The predicted molar refractivity (Wildman–Crippen MR) is 70.7 cm³/mol. The molecular weight excluding hydrogens is 250 g/mol. The zero-order valence-electron chi connectivity index (χ0n) is 10.1. The van der Waals surface area contributed by atoms with Crippen molar-refractivity contribution >= 4 is 23.2 Å². The van der Waals surface area contributed by atoms with Gasteiger partial charge >= 0.3 is 0 Å². The Morgan fingerprint density at radius 1 is 1.39 bits per heavy atom. The number of nitrogens with one attached hydrogen (secondary N) is 2. The largest absolute Gasteiger partial charge is 0.351 e. The maximum Gasteiger partial charge on any atom is 0.261 e. The van der Waals surface area contributed by atoms with Gasteiger partial charge in [-0.05, 0) is 11.4 Å². The molecule has 5 nitrogen and oxygen atoms in total. The standard InChI is InChI=1S/C12H17N3O2S/c16-11(15-7-5-13-6-8-15)3-4-14-12(17)10-2-1-9-18-10/h1-2,9,13H,3-8H2,(H,14,17). The lowest BCUT2D eigenvalue weighted by Crippen LogP contribution is -2.47. The van der Waals surface area contributed by atoms with E-state index in [1.807, 2.05) is 16.3 Å². The number of carbonyl (C=O) groups is 2. The molecule has 0 aromatic carbocycles. The number of amides is 2. The molecule has 0 unspecified atom stereocenters. The van der Waals surface area contributed by atoms with E-state index < -0.39 is 0 Å². The second-order valence-corrected chi connectivity index (χ2v) is 5.06. The summed E-state index contributed by atoms with van der Waals surface area (Å²) in [6.45, 7) is 3.63. The van der Waals surface area contributed by atoms with Gasteiger partial charge in [-0.3, -0.25) is 9.59 Å². The number of hydrogen-bond donors (Lipinski definition) is 2. The van der Waals surface area contributed by atoms with Crippen LogP contribution < -0.4 is 10.6 Å². The Kier molecular flexibility index (Phi) is 4.72. The molecule has 0 radical (unpaired) electrons. The Labute approximate surface area is 110 Å². The third kappa shape index (κ3) is 3.54. The highest BCUT2D eigenvalue weighted by Crippen LogP contribution is 2.07. The van der Waals surface area contributed by atoms with E-state index in [1.165, 1.54) is 11.3 Å². The van der Waals surface area contributed by atoms with Gasteiger partial charge in [0.1, 0.15) is 0 Å². The van der Waals surface area contributed by atoms with E-state index >= 15 is 0 Å². The Morgan fingerprint density at radius 2 is 2.17 bits per heavy atom. The first-order valence-electron chi connectivity index (χ1n) is 6.07. The highest BCUT2D eigenvalue weighted by Gasteiger charge is 2.16. The van der Waals surface area contributed by atoms with Gasteiger partial charge in [0.05, 0.1) is 4.88 Å². The summed E-state index contributed by atoms with van der Waals surface area (Å²) in [5.74, 6) is 0.0149. The van der Waals surface area contributed by atoms with E-state index in [9.17, 15) is 9.59 Å². The summed E-state index contributed by atoms with van der Waals surface area (Å²) in [7, 11) is 0. The molecular formula is C12H17N3O2S. The molecule has 6 heteroatoms. The van der Waals surface area contributed by atoms with Gasteiger partial charge < -0.3 is 15.5 Å². The SMILES string of the molecule is O=C(NCCC(=O)N1CCNCC1)c1cccs1. The Bertz CT molecular complexity index is 399. The Balaban J connectivity index is 1.68. The van der Waals surface area contributed by atoms with E-state index in [4.69, 9.17) is 0 Å². The van der Waals surface area contributed by atoms with Gasteiger partial charge in [-0.2, -0.15) is 0 Å². The molecule has 0 saturated carbocycles. The number of rotatable bonds is 4. The van der Waals surface area contributed by atoms with Crippen LogP contribution in [0.25, 0.3) is 0 Å². The first-order chi connectivity index (χ1) is 8.77. The number of hydrogen-bond acceptors (Lipinski definition) is 4. The predicted octanol–water partition coefficient (Wildman–Crippen LogP) is 0.300. The highest BCUT2D eigenvalue weighted by molar-refractivity contribution is 7.12. The average Bonchev–Trinajstić information content (AvgIpc) is 2.93. The lowest BCUT2D eigenvalue weighted by atomic mass is 10.3. The first-order valence-corrected chi connectivity index (χ1v) is 6.95. The molecule has 1 aliphatic heterocycles. The highest BCUT2D eigenvalue weighted by atomic mass is 32.1. The topological polar surface area (TPSA) is 61.4 Å². The van der Waals surface area contributed by atoms with Crippen LogP contribution in [0.2, 0.25) is 0 Å². The monoisotopic (exact) mass is 267 g/mol. The van der Waals surface area contributed by atoms with Crippen LogP contribution in [-0.2, 0) is 4.79 Å². The number of carbonyl (C=O) groups excluding carboxylic acids is 2. The molecule has 2 rings (SSSR count). The molecule has 0 bridgehead atoms. The van der Waals surface area contributed by atoms with Crippen molar-refractivity contribution in [3.05, 3.63) is 22.4 Å². The van der Waals surface area contributed by atoms with Crippen molar-refractivity contribution in [2.75, 3.05) is 32.7 Å². The zero-order valence-corrected chi connectivity index (χ0v) is 11.0. The number of thiophene rings is 1. The minimum atomic E-state index is -0.0990. The minimum absolute atomic E-state index is 0.0990. The quantitative estimate of drug-likeness (QED) is 0.825. The van der Waals surface area contributed by atoms with Gasteiger partial charge in [0.2, 0.25) is 5.91 Å². The van der Waals surface area contributed by atoms with Gasteiger partial charge in [-0.15, -0.1) is 11.3 Å². The molecule has 1 aliphatic rings. The van der Waals surface area contributed by atoms with E-state index in [2.05, 4.69) is 10.6 Å². The molecule has 1 saturated heterocycles. The summed E-state index contributed by atoms with van der Waals surface area (Å²) < 4.78 is 0. The summed E-state index contributed by atoms with van der Waals surface area (Å²) in [4.78, 5) is 26.0.